The summed E-state index contributed by atoms with van der Waals surface area (Å²) in [4.78, 5) is 44.0. The number of hydrogen-bond acceptors (Lipinski definition) is 5. The first-order valence-corrected chi connectivity index (χ1v) is 16.8. The normalized spacial score (nSPS) is 12.6. The van der Waals surface area contributed by atoms with Gasteiger partial charge in [0.15, 0.2) is 0 Å². The molecule has 47 heavy (non-hydrogen) atoms. The van der Waals surface area contributed by atoms with Crippen LogP contribution in [0.4, 0.5) is 10.5 Å². The number of nitrogens with zero attached hydrogens (tertiary/aromatic N) is 1. The fourth-order valence-corrected chi connectivity index (χ4v) is 5.74. The highest BCUT2D eigenvalue weighted by Crippen LogP contribution is 2.32. The zero-order valence-electron chi connectivity index (χ0n) is 28.8. The van der Waals surface area contributed by atoms with E-state index >= 15 is 0 Å². The fourth-order valence-electron chi connectivity index (χ4n) is 5.47. The summed E-state index contributed by atoms with van der Waals surface area (Å²) in [5.41, 5.74) is 3.77. The van der Waals surface area contributed by atoms with Crippen LogP contribution < -0.4 is 10.6 Å². The standard InChI is InChI=1S/C38H50ClN3O5/c1-8-9-10-11-12-23-42(36(45)32(40-37(46)47-38(5,6)7)24-28-19-21-29(43)22-20-28)34(30-17-13-15-25(2)27(30)4)35(44)41-33-26(3)16-14-18-31(33)39/h13-22,32,34,43H,8-12,23-24H2,1-7H3,(H,40,46)(H,41,44). The van der Waals surface area contributed by atoms with Gasteiger partial charge in [0.2, 0.25) is 5.91 Å². The van der Waals surface area contributed by atoms with Crippen LogP contribution in [0.2, 0.25) is 5.02 Å². The topological polar surface area (TPSA) is 108 Å². The van der Waals surface area contributed by atoms with Gasteiger partial charge in [-0.1, -0.05) is 86.7 Å². The average molecular weight is 664 g/mol. The highest BCUT2D eigenvalue weighted by Gasteiger charge is 2.37. The van der Waals surface area contributed by atoms with E-state index in [0.717, 1.165) is 47.9 Å². The van der Waals surface area contributed by atoms with E-state index in [1.165, 1.54) is 12.1 Å². The molecule has 8 nitrogen and oxygen atoms in total. The number of anilines is 1. The smallest absolute Gasteiger partial charge is 0.408 e. The lowest BCUT2D eigenvalue weighted by Crippen LogP contribution is -2.53. The number of aromatic hydroxyl groups is 1. The minimum Gasteiger partial charge on any atom is -0.508 e. The van der Waals surface area contributed by atoms with Gasteiger partial charge in [-0.2, -0.15) is 0 Å². The van der Waals surface area contributed by atoms with Crippen molar-refractivity contribution in [3.63, 3.8) is 0 Å². The predicted molar refractivity (Wildman–Crippen MR) is 189 cm³/mol. The molecule has 3 N–H and O–H groups in total. The van der Waals surface area contributed by atoms with Gasteiger partial charge in [-0.15, -0.1) is 0 Å². The Hall–Kier alpha value is -4.04. The van der Waals surface area contributed by atoms with E-state index in [9.17, 15) is 19.5 Å². The average Bonchev–Trinajstić information content (AvgIpc) is 2.99. The number of carbonyl (C=O) groups is 3. The van der Waals surface area contributed by atoms with Crippen LogP contribution in [0.25, 0.3) is 0 Å². The summed E-state index contributed by atoms with van der Waals surface area (Å²) in [6.07, 6.45) is 4.08. The van der Waals surface area contributed by atoms with Crippen molar-refractivity contribution in [2.24, 2.45) is 0 Å². The first kappa shape index (κ1) is 37.4. The number of benzene rings is 3. The number of halogens is 1. The van der Waals surface area contributed by atoms with Crippen molar-refractivity contribution in [1.82, 2.24) is 10.2 Å². The maximum absolute atomic E-state index is 14.8. The number of phenolic OH excluding ortho intramolecular Hbond substituents is 1. The van der Waals surface area contributed by atoms with E-state index in [2.05, 4.69) is 17.6 Å². The summed E-state index contributed by atoms with van der Waals surface area (Å²) >= 11 is 6.54. The number of alkyl carbamates (subject to hydrolysis) is 1. The van der Waals surface area contributed by atoms with Gasteiger partial charge in [0.1, 0.15) is 23.4 Å². The third-order valence-electron chi connectivity index (χ3n) is 8.12. The Morgan fingerprint density at radius 1 is 0.894 bits per heavy atom. The number of unbranched alkanes of at least 4 members (excludes halogenated alkanes) is 4. The number of phenols is 1. The first-order chi connectivity index (χ1) is 22.2. The minimum atomic E-state index is -1.06. The highest BCUT2D eigenvalue weighted by atomic mass is 35.5. The Balaban J connectivity index is 2.14. The third-order valence-corrected chi connectivity index (χ3v) is 8.44. The molecule has 0 heterocycles. The lowest BCUT2D eigenvalue weighted by molar-refractivity contribution is -0.140. The van der Waals surface area contributed by atoms with Gasteiger partial charge in [-0.25, -0.2) is 4.79 Å². The largest absolute Gasteiger partial charge is 0.508 e. The van der Waals surface area contributed by atoms with Crippen LogP contribution in [0.5, 0.6) is 5.75 Å². The Morgan fingerprint density at radius 3 is 2.17 bits per heavy atom. The molecule has 3 aromatic rings. The minimum absolute atomic E-state index is 0.0898. The molecular formula is C38H50ClN3O5. The van der Waals surface area contributed by atoms with Gasteiger partial charge >= 0.3 is 6.09 Å². The highest BCUT2D eigenvalue weighted by molar-refractivity contribution is 6.34. The summed E-state index contributed by atoms with van der Waals surface area (Å²) in [7, 11) is 0. The molecule has 0 fully saturated rings. The maximum atomic E-state index is 14.8. The number of rotatable bonds is 14. The van der Waals surface area contributed by atoms with Gasteiger partial charge in [0.05, 0.1) is 10.7 Å². The summed E-state index contributed by atoms with van der Waals surface area (Å²) in [5.74, 6) is -0.735. The maximum Gasteiger partial charge on any atom is 0.408 e. The molecular weight excluding hydrogens is 614 g/mol. The second-order valence-electron chi connectivity index (χ2n) is 13.1. The van der Waals surface area contributed by atoms with Gasteiger partial charge in [0, 0.05) is 13.0 Å². The predicted octanol–water partition coefficient (Wildman–Crippen LogP) is 8.59. The number of amides is 3. The van der Waals surface area contributed by atoms with Crippen molar-refractivity contribution in [1.29, 1.82) is 0 Å². The molecule has 0 saturated carbocycles. The molecule has 3 rings (SSSR count). The van der Waals surface area contributed by atoms with Crippen LogP contribution >= 0.6 is 11.6 Å². The summed E-state index contributed by atoms with van der Waals surface area (Å²) < 4.78 is 5.56. The molecule has 254 valence electrons. The Kier molecular flexibility index (Phi) is 13.7. The lowest BCUT2D eigenvalue weighted by Gasteiger charge is -2.35. The second-order valence-corrected chi connectivity index (χ2v) is 13.5. The molecule has 0 aliphatic rings. The molecule has 9 heteroatoms. The van der Waals surface area contributed by atoms with Crippen LogP contribution in [-0.2, 0) is 20.7 Å². The quantitative estimate of drug-likeness (QED) is 0.150. The van der Waals surface area contributed by atoms with Crippen LogP contribution in [0.3, 0.4) is 0 Å². The molecule has 2 unspecified atom stereocenters. The molecule has 0 bridgehead atoms. The molecule has 2 atom stereocenters. The van der Waals surface area contributed by atoms with Crippen LogP contribution in [-0.4, -0.2) is 46.1 Å². The van der Waals surface area contributed by atoms with E-state index in [4.69, 9.17) is 16.3 Å². The molecule has 3 amide bonds. The number of aryl methyl sites for hydroxylation is 2. The molecule has 0 aromatic heterocycles. The van der Waals surface area contributed by atoms with Crippen molar-refractivity contribution in [3.05, 3.63) is 93.5 Å². The zero-order valence-corrected chi connectivity index (χ0v) is 29.5. The Labute approximate surface area is 284 Å². The summed E-state index contributed by atoms with van der Waals surface area (Å²) in [5, 5.41) is 16.1. The Bertz CT molecular complexity index is 1500. The van der Waals surface area contributed by atoms with Gasteiger partial charge in [-0.3, -0.25) is 9.59 Å². The number of carbonyl (C=O) groups excluding carboxylic acids is 3. The zero-order chi connectivity index (χ0) is 34.7. The number of para-hydroxylation sites is 1. The van der Waals surface area contributed by atoms with Gasteiger partial charge in [-0.05, 0) is 94.0 Å². The number of ether oxygens (including phenoxy) is 1. The van der Waals surface area contributed by atoms with Crippen molar-refractivity contribution in [3.8, 4) is 5.75 Å². The van der Waals surface area contributed by atoms with Crippen LogP contribution in [0.15, 0.2) is 60.7 Å². The van der Waals surface area contributed by atoms with Crippen molar-refractivity contribution >= 4 is 35.2 Å². The fraction of sp³-hybridized carbons (Fsp3) is 0.447. The number of hydrogen-bond donors (Lipinski definition) is 3. The van der Waals surface area contributed by atoms with E-state index in [1.807, 2.05) is 51.1 Å². The Morgan fingerprint density at radius 2 is 1.53 bits per heavy atom. The van der Waals surface area contributed by atoms with Crippen LogP contribution in [0, 0.1) is 20.8 Å². The van der Waals surface area contributed by atoms with E-state index < -0.39 is 35.6 Å². The summed E-state index contributed by atoms with van der Waals surface area (Å²) in [6.45, 7) is 13.5. The lowest BCUT2D eigenvalue weighted by atomic mass is 9.94. The van der Waals surface area contributed by atoms with Crippen LogP contribution in [0.1, 0.15) is 93.7 Å². The second kappa shape index (κ2) is 17.2. The summed E-state index contributed by atoms with van der Waals surface area (Å²) in [6, 6.07) is 15.5. The van der Waals surface area contributed by atoms with Gasteiger partial charge in [0.25, 0.3) is 5.91 Å². The van der Waals surface area contributed by atoms with Crippen molar-refractivity contribution in [2.45, 2.75) is 105 Å². The van der Waals surface area contributed by atoms with Crippen molar-refractivity contribution in [2.75, 3.05) is 11.9 Å². The third kappa shape index (κ3) is 11.0. The molecule has 3 aromatic carbocycles. The number of nitrogens with one attached hydrogen (secondary N) is 2. The van der Waals surface area contributed by atoms with Crippen molar-refractivity contribution < 1.29 is 24.2 Å². The molecule has 0 radical (unpaired) electrons. The van der Waals surface area contributed by atoms with E-state index in [1.54, 1.807) is 43.9 Å². The monoisotopic (exact) mass is 663 g/mol. The molecule has 0 aliphatic carbocycles. The molecule has 0 spiro atoms. The molecule has 0 saturated heterocycles. The van der Waals surface area contributed by atoms with Gasteiger partial charge < -0.3 is 25.4 Å². The molecule has 0 aliphatic heterocycles. The van der Waals surface area contributed by atoms with E-state index in [-0.39, 0.29) is 18.7 Å². The van der Waals surface area contributed by atoms with E-state index in [0.29, 0.717) is 22.7 Å². The SMILES string of the molecule is CCCCCCCN(C(=O)C(Cc1ccc(O)cc1)NC(=O)OC(C)(C)C)C(C(=O)Nc1c(C)cccc1Cl)c1cccc(C)c1C. The first-order valence-electron chi connectivity index (χ1n) is 16.4.